The number of anilines is 2. The van der Waals surface area contributed by atoms with Gasteiger partial charge in [-0.1, -0.05) is 30.3 Å². The summed E-state index contributed by atoms with van der Waals surface area (Å²) in [6.45, 7) is 0.243. The molecule has 1 N–H and O–H groups in total. The van der Waals surface area contributed by atoms with Crippen molar-refractivity contribution in [1.82, 2.24) is 0 Å². The van der Waals surface area contributed by atoms with Crippen LogP contribution in [0.5, 0.6) is 11.5 Å². The highest BCUT2D eigenvalue weighted by molar-refractivity contribution is 5.95. The summed E-state index contributed by atoms with van der Waals surface area (Å²) >= 11 is 0. The molecule has 5 nitrogen and oxygen atoms in total. The summed E-state index contributed by atoms with van der Waals surface area (Å²) in [5.74, 6) is 1.10. The zero-order valence-electron chi connectivity index (χ0n) is 15.2. The number of hydrogen-bond donors (Lipinski definition) is 1. The minimum atomic E-state index is -0.104. The van der Waals surface area contributed by atoms with Crippen molar-refractivity contribution in [2.24, 2.45) is 0 Å². The predicted octanol–water partition coefficient (Wildman–Crippen LogP) is 3.93. The molecule has 5 heteroatoms. The molecule has 0 saturated heterocycles. The van der Waals surface area contributed by atoms with Crippen LogP contribution in [-0.4, -0.2) is 33.7 Å². The van der Waals surface area contributed by atoms with E-state index in [1.54, 1.807) is 32.4 Å². The molecule has 0 spiro atoms. The van der Waals surface area contributed by atoms with Crippen LogP contribution in [0, 0.1) is 0 Å². The van der Waals surface area contributed by atoms with Gasteiger partial charge in [0, 0.05) is 24.5 Å². The molecule has 3 rings (SSSR count). The van der Waals surface area contributed by atoms with Crippen molar-refractivity contribution in [3.05, 3.63) is 60.7 Å². The second-order valence-electron chi connectivity index (χ2n) is 6.01. The Bertz CT molecular complexity index is 924. The highest BCUT2D eigenvalue weighted by atomic mass is 16.5. The fourth-order valence-corrected chi connectivity index (χ4v) is 2.84. The van der Waals surface area contributed by atoms with E-state index in [0.29, 0.717) is 17.2 Å². The van der Waals surface area contributed by atoms with Gasteiger partial charge >= 0.3 is 0 Å². The number of rotatable bonds is 6. The first-order chi connectivity index (χ1) is 12.6. The summed E-state index contributed by atoms with van der Waals surface area (Å²) in [7, 11) is 5.05. The third-order valence-electron chi connectivity index (χ3n) is 4.22. The van der Waals surface area contributed by atoms with E-state index in [-0.39, 0.29) is 12.5 Å². The van der Waals surface area contributed by atoms with E-state index in [1.807, 2.05) is 30.1 Å². The number of fused-ring (bicyclic) bond motifs is 1. The van der Waals surface area contributed by atoms with E-state index in [1.165, 1.54) is 5.39 Å². The maximum Gasteiger partial charge on any atom is 0.243 e. The van der Waals surface area contributed by atoms with E-state index in [0.717, 1.165) is 11.1 Å². The fraction of sp³-hybridized carbons (Fsp3) is 0.190. The van der Waals surface area contributed by atoms with Gasteiger partial charge in [-0.2, -0.15) is 0 Å². The van der Waals surface area contributed by atoms with Gasteiger partial charge < -0.3 is 19.7 Å². The van der Waals surface area contributed by atoms with Crippen molar-refractivity contribution in [2.75, 3.05) is 38.0 Å². The molecule has 0 heterocycles. The molecule has 3 aromatic rings. The Hall–Kier alpha value is -3.21. The monoisotopic (exact) mass is 350 g/mol. The van der Waals surface area contributed by atoms with Gasteiger partial charge in [-0.05, 0) is 35.0 Å². The molecule has 0 bridgehead atoms. The van der Waals surface area contributed by atoms with Crippen molar-refractivity contribution < 1.29 is 14.3 Å². The Morgan fingerprint density at radius 1 is 0.923 bits per heavy atom. The molecule has 0 aromatic heterocycles. The number of nitrogens with zero attached hydrogens (tertiary/aromatic N) is 1. The summed E-state index contributed by atoms with van der Waals surface area (Å²) in [5, 5.41) is 5.22. The highest BCUT2D eigenvalue weighted by Crippen LogP contribution is 2.29. The van der Waals surface area contributed by atoms with Gasteiger partial charge in [0.2, 0.25) is 5.91 Å². The molecule has 0 aliphatic rings. The zero-order valence-corrected chi connectivity index (χ0v) is 15.2. The van der Waals surface area contributed by atoms with Crippen LogP contribution < -0.4 is 19.7 Å². The number of methoxy groups -OCH3 is 2. The van der Waals surface area contributed by atoms with Crippen LogP contribution in [0.15, 0.2) is 60.7 Å². The van der Waals surface area contributed by atoms with Gasteiger partial charge in [-0.25, -0.2) is 0 Å². The lowest BCUT2D eigenvalue weighted by Gasteiger charge is -2.19. The molecule has 0 atom stereocenters. The van der Waals surface area contributed by atoms with E-state index < -0.39 is 0 Å². The minimum Gasteiger partial charge on any atom is -0.493 e. The molecule has 0 radical (unpaired) electrons. The first-order valence-corrected chi connectivity index (χ1v) is 8.32. The number of ether oxygens (including phenoxy) is 2. The van der Waals surface area contributed by atoms with Gasteiger partial charge in [-0.15, -0.1) is 0 Å². The second-order valence-corrected chi connectivity index (χ2v) is 6.01. The Labute approximate surface area is 153 Å². The summed E-state index contributed by atoms with van der Waals surface area (Å²) in [6, 6.07) is 19.6. The third kappa shape index (κ3) is 3.88. The zero-order chi connectivity index (χ0) is 18.5. The van der Waals surface area contributed by atoms with Gasteiger partial charge in [0.05, 0.1) is 20.8 Å². The Morgan fingerprint density at radius 2 is 1.65 bits per heavy atom. The normalized spacial score (nSPS) is 10.4. The topological polar surface area (TPSA) is 50.8 Å². The second kappa shape index (κ2) is 7.78. The number of carbonyl (C=O) groups is 1. The number of hydrogen-bond acceptors (Lipinski definition) is 4. The van der Waals surface area contributed by atoms with Crippen LogP contribution >= 0.6 is 0 Å². The summed E-state index contributed by atoms with van der Waals surface area (Å²) in [5.41, 5.74) is 1.66. The molecule has 0 unspecified atom stereocenters. The Morgan fingerprint density at radius 3 is 2.38 bits per heavy atom. The standard InChI is InChI=1S/C21H22N2O3/c1-23(18-10-8-15-6-4-5-7-16(15)12-18)14-21(24)22-17-9-11-19(25-2)20(13-17)26-3/h4-13H,14H2,1-3H3,(H,22,24). The van der Waals surface area contributed by atoms with Crippen molar-refractivity contribution in [1.29, 1.82) is 0 Å². The molecule has 1 amide bonds. The molecule has 3 aromatic carbocycles. The highest BCUT2D eigenvalue weighted by Gasteiger charge is 2.10. The van der Waals surface area contributed by atoms with E-state index >= 15 is 0 Å². The van der Waals surface area contributed by atoms with Gasteiger partial charge in [0.15, 0.2) is 11.5 Å². The molecule has 0 aliphatic heterocycles. The SMILES string of the molecule is COc1ccc(NC(=O)CN(C)c2ccc3ccccc3c2)cc1OC. The lowest BCUT2D eigenvalue weighted by molar-refractivity contribution is -0.114. The first-order valence-electron chi connectivity index (χ1n) is 8.32. The Balaban J connectivity index is 1.68. The summed E-state index contributed by atoms with van der Waals surface area (Å²) < 4.78 is 10.5. The predicted molar refractivity (Wildman–Crippen MR) is 105 cm³/mol. The van der Waals surface area contributed by atoms with E-state index in [4.69, 9.17) is 9.47 Å². The quantitative estimate of drug-likeness (QED) is 0.732. The fourth-order valence-electron chi connectivity index (χ4n) is 2.84. The minimum absolute atomic E-state index is 0.104. The van der Waals surface area contributed by atoms with Crippen LogP contribution in [0.4, 0.5) is 11.4 Å². The van der Waals surface area contributed by atoms with Gasteiger partial charge in [0.1, 0.15) is 0 Å². The lowest BCUT2D eigenvalue weighted by atomic mass is 10.1. The summed E-state index contributed by atoms with van der Waals surface area (Å²) in [4.78, 5) is 14.3. The van der Waals surface area contributed by atoms with Crippen LogP contribution in [0.3, 0.4) is 0 Å². The van der Waals surface area contributed by atoms with Crippen molar-refractivity contribution in [3.8, 4) is 11.5 Å². The van der Waals surface area contributed by atoms with Crippen LogP contribution in [0.2, 0.25) is 0 Å². The smallest absolute Gasteiger partial charge is 0.243 e. The largest absolute Gasteiger partial charge is 0.493 e. The molecule has 26 heavy (non-hydrogen) atoms. The summed E-state index contributed by atoms with van der Waals surface area (Å²) in [6.07, 6.45) is 0. The first kappa shape index (κ1) is 17.6. The third-order valence-corrected chi connectivity index (χ3v) is 4.22. The average Bonchev–Trinajstić information content (AvgIpc) is 2.67. The van der Waals surface area contributed by atoms with Crippen LogP contribution in [-0.2, 0) is 4.79 Å². The van der Waals surface area contributed by atoms with E-state index in [2.05, 4.69) is 29.6 Å². The van der Waals surface area contributed by atoms with Gasteiger partial charge in [0.25, 0.3) is 0 Å². The van der Waals surface area contributed by atoms with E-state index in [9.17, 15) is 4.79 Å². The molecule has 0 fully saturated rings. The van der Waals surface area contributed by atoms with Crippen molar-refractivity contribution >= 4 is 28.1 Å². The van der Waals surface area contributed by atoms with Crippen LogP contribution in [0.25, 0.3) is 10.8 Å². The molecule has 0 saturated carbocycles. The number of carbonyl (C=O) groups excluding carboxylic acids is 1. The molecule has 134 valence electrons. The number of likely N-dealkylation sites (N-methyl/N-ethyl adjacent to an activating group) is 1. The van der Waals surface area contributed by atoms with Gasteiger partial charge in [-0.3, -0.25) is 4.79 Å². The molecular formula is C21H22N2O3. The molecular weight excluding hydrogens is 328 g/mol. The van der Waals surface area contributed by atoms with Crippen LogP contribution in [0.1, 0.15) is 0 Å². The number of amides is 1. The Kier molecular flexibility index (Phi) is 5.27. The maximum absolute atomic E-state index is 12.4. The number of benzene rings is 3. The average molecular weight is 350 g/mol. The number of nitrogens with one attached hydrogen (secondary N) is 1. The van der Waals surface area contributed by atoms with Crippen molar-refractivity contribution in [3.63, 3.8) is 0 Å². The lowest BCUT2D eigenvalue weighted by Crippen LogP contribution is -2.30. The molecule has 0 aliphatic carbocycles. The van der Waals surface area contributed by atoms with Crippen molar-refractivity contribution in [2.45, 2.75) is 0 Å². The maximum atomic E-state index is 12.4.